The summed E-state index contributed by atoms with van der Waals surface area (Å²) in [4.78, 5) is 16.2. The molecule has 0 aliphatic rings. The summed E-state index contributed by atoms with van der Waals surface area (Å²) in [6, 6.07) is 13.0. The molecule has 0 saturated heterocycles. The highest BCUT2D eigenvalue weighted by atomic mass is 127. The maximum absolute atomic E-state index is 12.1. The van der Waals surface area contributed by atoms with E-state index in [9.17, 15) is 4.79 Å². The number of nitrogens with one attached hydrogen (secondary N) is 3. The summed E-state index contributed by atoms with van der Waals surface area (Å²) >= 11 is 0. The maximum atomic E-state index is 12.1. The van der Waals surface area contributed by atoms with Gasteiger partial charge in [-0.2, -0.15) is 0 Å². The molecule has 8 nitrogen and oxygen atoms in total. The maximum Gasteiger partial charge on any atom is 0.239 e. The van der Waals surface area contributed by atoms with Crippen molar-refractivity contribution < 1.29 is 19.0 Å². The van der Waals surface area contributed by atoms with E-state index < -0.39 is 0 Å². The first kappa shape index (κ1) is 25.3. The van der Waals surface area contributed by atoms with E-state index in [1.807, 2.05) is 49.4 Å². The van der Waals surface area contributed by atoms with Crippen LogP contribution < -0.4 is 30.2 Å². The number of hydrogen-bond donors (Lipinski definition) is 3. The van der Waals surface area contributed by atoms with Crippen molar-refractivity contribution in [1.29, 1.82) is 0 Å². The van der Waals surface area contributed by atoms with Crippen molar-refractivity contribution in [3.63, 3.8) is 0 Å². The molecule has 0 atom stereocenters. The monoisotopic (exact) mass is 528 g/mol. The van der Waals surface area contributed by atoms with Crippen LogP contribution in [0.1, 0.15) is 12.5 Å². The summed E-state index contributed by atoms with van der Waals surface area (Å²) in [5, 5.41) is 8.97. The van der Waals surface area contributed by atoms with E-state index >= 15 is 0 Å². The Labute approximate surface area is 194 Å². The minimum absolute atomic E-state index is 0. The van der Waals surface area contributed by atoms with Crippen LogP contribution in [0.3, 0.4) is 0 Å². The van der Waals surface area contributed by atoms with Gasteiger partial charge in [-0.15, -0.1) is 24.0 Å². The van der Waals surface area contributed by atoms with Crippen molar-refractivity contribution in [2.45, 2.75) is 13.5 Å². The Hall–Kier alpha value is -2.69. The number of guanidine groups is 1. The second-order valence-corrected chi connectivity index (χ2v) is 5.97. The number of ether oxygens (including phenoxy) is 3. The quantitative estimate of drug-likeness (QED) is 0.263. The third-order valence-corrected chi connectivity index (χ3v) is 4.01. The molecule has 2 rings (SSSR count). The number of carbonyl (C=O) groups excluding carboxylic acids is 1. The van der Waals surface area contributed by atoms with Gasteiger partial charge >= 0.3 is 0 Å². The SMILES string of the molecule is CCOc1ccc(NC(=NC)NCC(=O)NCc2ccc(OC)cc2)cc1OC.I. The first-order valence-electron chi connectivity index (χ1n) is 9.27. The first-order valence-corrected chi connectivity index (χ1v) is 9.27. The van der Waals surface area contributed by atoms with Gasteiger partial charge in [-0.1, -0.05) is 12.1 Å². The molecule has 2 aromatic carbocycles. The number of methoxy groups -OCH3 is 2. The van der Waals surface area contributed by atoms with Crippen molar-refractivity contribution in [3.8, 4) is 17.2 Å². The molecule has 0 radical (unpaired) electrons. The van der Waals surface area contributed by atoms with E-state index in [-0.39, 0.29) is 36.4 Å². The molecule has 0 aliphatic carbocycles. The van der Waals surface area contributed by atoms with Crippen LogP contribution in [0.4, 0.5) is 5.69 Å². The van der Waals surface area contributed by atoms with Crippen LogP contribution in [0.25, 0.3) is 0 Å². The predicted molar refractivity (Wildman–Crippen MR) is 129 cm³/mol. The van der Waals surface area contributed by atoms with Gasteiger partial charge in [0.05, 0.1) is 27.4 Å². The lowest BCUT2D eigenvalue weighted by atomic mass is 10.2. The fraction of sp³-hybridized carbons (Fsp3) is 0.333. The van der Waals surface area contributed by atoms with Crippen LogP contribution >= 0.6 is 24.0 Å². The van der Waals surface area contributed by atoms with Crippen molar-refractivity contribution in [2.24, 2.45) is 4.99 Å². The van der Waals surface area contributed by atoms with E-state index in [0.717, 1.165) is 17.0 Å². The number of carbonyl (C=O) groups is 1. The third kappa shape index (κ3) is 7.97. The molecule has 0 bridgehead atoms. The number of rotatable bonds is 9. The minimum Gasteiger partial charge on any atom is -0.497 e. The van der Waals surface area contributed by atoms with E-state index in [1.54, 1.807) is 21.3 Å². The van der Waals surface area contributed by atoms with Crippen molar-refractivity contribution in [1.82, 2.24) is 10.6 Å². The van der Waals surface area contributed by atoms with Crippen LogP contribution in [0.5, 0.6) is 17.2 Å². The van der Waals surface area contributed by atoms with Gasteiger partial charge in [0.25, 0.3) is 0 Å². The summed E-state index contributed by atoms with van der Waals surface area (Å²) in [5.74, 6) is 2.39. The lowest BCUT2D eigenvalue weighted by Gasteiger charge is -2.14. The predicted octanol–water partition coefficient (Wildman–Crippen LogP) is 3.02. The van der Waals surface area contributed by atoms with Crippen molar-refractivity contribution >= 4 is 41.5 Å². The van der Waals surface area contributed by atoms with Gasteiger partial charge in [0.1, 0.15) is 5.75 Å². The normalized spacial score (nSPS) is 10.5. The summed E-state index contributed by atoms with van der Waals surface area (Å²) < 4.78 is 16.0. The molecule has 0 aliphatic heterocycles. The number of anilines is 1. The van der Waals surface area contributed by atoms with Gasteiger partial charge in [0, 0.05) is 25.3 Å². The number of halogens is 1. The summed E-state index contributed by atoms with van der Waals surface area (Å²) in [6.45, 7) is 2.99. The molecular formula is C21H29IN4O4. The summed E-state index contributed by atoms with van der Waals surface area (Å²) in [5.41, 5.74) is 1.75. The van der Waals surface area contributed by atoms with Gasteiger partial charge in [-0.05, 0) is 36.8 Å². The molecule has 9 heteroatoms. The fourth-order valence-electron chi connectivity index (χ4n) is 2.51. The number of amides is 1. The highest BCUT2D eigenvalue weighted by molar-refractivity contribution is 14.0. The Balaban J connectivity index is 0.00000450. The molecule has 0 heterocycles. The molecule has 0 aromatic heterocycles. The molecular weight excluding hydrogens is 499 g/mol. The molecule has 3 N–H and O–H groups in total. The minimum atomic E-state index is -0.145. The molecule has 0 fully saturated rings. The largest absolute Gasteiger partial charge is 0.497 e. The number of nitrogens with zero attached hydrogens (tertiary/aromatic N) is 1. The van der Waals surface area contributed by atoms with Crippen LogP contribution in [0, 0.1) is 0 Å². The van der Waals surface area contributed by atoms with Crippen LogP contribution in [-0.2, 0) is 11.3 Å². The summed E-state index contributed by atoms with van der Waals surface area (Å²) in [6.07, 6.45) is 0. The third-order valence-electron chi connectivity index (χ3n) is 4.01. The standard InChI is InChI=1S/C21H28N4O4.HI/c1-5-29-18-11-8-16(12-19(18)28-4)25-21(22-2)24-14-20(26)23-13-15-6-9-17(27-3)10-7-15;/h6-12H,5,13-14H2,1-4H3,(H,23,26)(H2,22,24,25);1H. The van der Waals surface area contributed by atoms with Crippen molar-refractivity contribution in [2.75, 3.05) is 39.7 Å². The molecule has 30 heavy (non-hydrogen) atoms. The average molecular weight is 528 g/mol. The van der Waals surface area contributed by atoms with Gasteiger partial charge < -0.3 is 30.2 Å². The second-order valence-electron chi connectivity index (χ2n) is 5.97. The molecule has 0 spiro atoms. The summed E-state index contributed by atoms with van der Waals surface area (Å²) in [7, 11) is 4.84. The van der Waals surface area contributed by atoms with E-state index in [1.165, 1.54) is 0 Å². The molecule has 1 amide bonds. The molecule has 2 aromatic rings. The average Bonchev–Trinajstić information content (AvgIpc) is 2.76. The van der Waals surface area contributed by atoms with Gasteiger partial charge in [0.15, 0.2) is 17.5 Å². The zero-order chi connectivity index (χ0) is 21.1. The lowest BCUT2D eigenvalue weighted by Crippen LogP contribution is -2.39. The van der Waals surface area contributed by atoms with Gasteiger partial charge in [-0.3, -0.25) is 9.79 Å². The fourth-order valence-corrected chi connectivity index (χ4v) is 2.51. The van der Waals surface area contributed by atoms with Crippen LogP contribution in [-0.4, -0.2) is 46.3 Å². The topological polar surface area (TPSA) is 93.2 Å². The lowest BCUT2D eigenvalue weighted by molar-refractivity contribution is -0.120. The molecule has 0 saturated carbocycles. The number of hydrogen-bond acceptors (Lipinski definition) is 5. The molecule has 0 unspecified atom stereocenters. The Kier molecular flexibility index (Phi) is 11.4. The van der Waals surface area contributed by atoms with E-state index in [0.29, 0.717) is 30.6 Å². The Bertz CT molecular complexity index is 828. The van der Waals surface area contributed by atoms with E-state index in [4.69, 9.17) is 14.2 Å². The number of aliphatic imine (C=N–C) groups is 1. The van der Waals surface area contributed by atoms with E-state index in [2.05, 4.69) is 20.9 Å². The highest BCUT2D eigenvalue weighted by Crippen LogP contribution is 2.30. The first-order chi connectivity index (χ1) is 14.1. The number of benzene rings is 2. The Morgan fingerprint density at radius 1 is 1.00 bits per heavy atom. The van der Waals surface area contributed by atoms with Crippen LogP contribution in [0.2, 0.25) is 0 Å². The smallest absolute Gasteiger partial charge is 0.239 e. The Morgan fingerprint density at radius 3 is 2.33 bits per heavy atom. The van der Waals surface area contributed by atoms with Crippen molar-refractivity contribution in [3.05, 3.63) is 48.0 Å². The van der Waals surface area contributed by atoms with Crippen LogP contribution in [0.15, 0.2) is 47.5 Å². The zero-order valence-electron chi connectivity index (χ0n) is 17.7. The molecule has 164 valence electrons. The zero-order valence-corrected chi connectivity index (χ0v) is 20.0. The van der Waals surface area contributed by atoms with Gasteiger partial charge in [0.2, 0.25) is 5.91 Å². The second kappa shape index (κ2) is 13.5. The Morgan fingerprint density at radius 2 is 1.73 bits per heavy atom. The van der Waals surface area contributed by atoms with Gasteiger partial charge in [-0.25, -0.2) is 0 Å². The highest BCUT2D eigenvalue weighted by Gasteiger charge is 2.08.